The van der Waals surface area contributed by atoms with E-state index in [0.29, 0.717) is 12.1 Å². The van der Waals surface area contributed by atoms with E-state index in [1.165, 1.54) is 6.07 Å². The summed E-state index contributed by atoms with van der Waals surface area (Å²) in [6.07, 6.45) is 1.09. The lowest BCUT2D eigenvalue weighted by atomic mass is 9.97. The van der Waals surface area contributed by atoms with Crippen molar-refractivity contribution < 1.29 is 8.78 Å². The highest BCUT2D eigenvalue weighted by atomic mass is 19.2. The molecule has 21 heavy (non-hydrogen) atoms. The van der Waals surface area contributed by atoms with Gasteiger partial charge in [-0.1, -0.05) is 19.1 Å². The van der Waals surface area contributed by atoms with Gasteiger partial charge in [-0.2, -0.15) is 0 Å². The molecule has 0 spiro atoms. The van der Waals surface area contributed by atoms with Crippen LogP contribution in [0.2, 0.25) is 0 Å². The second-order valence-electron chi connectivity index (χ2n) is 5.84. The van der Waals surface area contributed by atoms with Gasteiger partial charge in [0.1, 0.15) is 0 Å². The Kier molecular flexibility index (Phi) is 5.67. The molecule has 1 saturated heterocycles. The van der Waals surface area contributed by atoms with Gasteiger partial charge >= 0.3 is 0 Å². The van der Waals surface area contributed by atoms with Crippen molar-refractivity contribution in [2.45, 2.75) is 25.4 Å². The van der Waals surface area contributed by atoms with E-state index >= 15 is 0 Å². The molecule has 118 valence electrons. The Morgan fingerprint density at radius 3 is 2.76 bits per heavy atom. The lowest BCUT2D eigenvalue weighted by Crippen LogP contribution is -2.47. The van der Waals surface area contributed by atoms with Crippen molar-refractivity contribution in [2.75, 3.05) is 40.3 Å². The fourth-order valence-electron chi connectivity index (χ4n) is 3.10. The molecule has 2 unspecified atom stereocenters. The Morgan fingerprint density at radius 2 is 2.05 bits per heavy atom. The molecule has 1 aliphatic rings. The van der Waals surface area contributed by atoms with Crippen LogP contribution in [-0.2, 0) is 0 Å². The average Bonchev–Trinajstić information content (AvgIpc) is 2.61. The summed E-state index contributed by atoms with van der Waals surface area (Å²) in [6, 6.07) is 4.35. The normalized spacial score (nSPS) is 23.0. The molecule has 5 heteroatoms. The van der Waals surface area contributed by atoms with Gasteiger partial charge in [0.15, 0.2) is 11.6 Å². The molecule has 0 bridgehead atoms. The third-order valence-electron chi connectivity index (χ3n) is 4.24. The first-order valence-electron chi connectivity index (χ1n) is 7.60. The minimum atomic E-state index is -0.778. The molecule has 3 nitrogen and oxygen atoms in total. The van der Waals surface area contributed by atoms with Crippen molar-refractivity contribution in [1.82, 2.24) is 15.1 Å². The Hall–Kier alpha value is -1.04. The van der Waals surface area contributed by atoms with Crippen molar-refractivity contribution in [3.05, 3.63) is 35.4 Å². The van der Waals surface area contributed by atoms with Crippen LogP contribution >= 0.6 is 0 Å². The molecule has 1 aromatic carbocycles. The van der Waals surface area contributed by atoms with Crippen molar-refractivity contribution in [3.8, 4) is 0 Å². The lowest BCUT2D eigenvalue weighted by Gasteiger charge is -2.35. The van der Waals surface area contributed by atoms with Crippen molar-refractivity contribution in [1.29, 1.82) is 0 Å². The summed E-state index contributed by atoms with van der Waals surface area (Å²) in [5.74, 6) is -1.51. The Labute approximate surface area is 125 Å². The fourth-order valence-corrected chi connectivity index (χ4v) is 3.10. The van der Waals surface area contributed by atoms with Crippen LogP contribution in [0.25, 0.3) is 0 Å². The van der Waals surface area contributed by atoms with Crippen LogP contribution in [0.15, 0.2) is 18.2 Å². The average molecular weight is 297 g/mol. The molecule has 1 aliphatic heterocycles. The number of benzene rings is 1. The Morgan fingerprint density at radius 1 is 1.29 bits per heavy atom. The number of halogens is 2. The smallest absolute Gasteiger partial charge is 0.163 e. The molecule has 0 aromatic heterocycles. The van der Waals surface area contributed by atoms with Gasteiger partial charge in [0.25, 0.3) is 0 Å². The predicted molar refractivity (Wildman–Crippen MR) is 81.3 cm³/mol. The molecule has 0 amide bonds. The summed E-state index contributed by atoms with van der Waals surface area (Å²) in [5, 5.41) is 3.34. The van der Waals surface area contributed by atoms with Gasteiger partial charge in [-0.05, 0) is 46.2 Å². The van der Waals surface area contributed by atoms with Crippen molar-refractivity contribution >= 4 is 0 Å². The van der Waals surface area contributed by atoms with Crippen LogP contribution in [0.1, 0.15) is 24.9 Å². The molecular formula is C16H25F2N3. The summed E-state index contributed by atoms with van der Waals surface area (Å²) in [5.41, 5.74) is 0.420. The lowest BCUT2D eigenvalue weighted by molar-refractivity contribution is 0.176. The zero-order valence-electron chi connectivity index (χ0n) is 13.1. The molecule has 1 aromatic rings. The molecular weight excluding hydrogens is 272 g/mol. The summed E-state index contributed by atoms with van der Waals surface area (Å²) in [4.78, 5) is 4.51. The zero-order chi connectivity index (χ0) is 15.4. The third kappa shape index (κ3) is 3.78. The molecule has 1 N–H and O–H groups in total. The molecule has 2 rings (SSSR count). The van der Waals surface area contributed by atoms with E-state index in [0.717, 1.165) is 26.1 Å². The van der Waals surface area contributed by atoms with Crippen molar-refractivity contribution in [3.63, 3.8) is 0 Å². The van der Waals surface area contributed by atoms with Crippen LogP contribution in [0.5, 0.6) is 0 Å². The summed E-state index contributed by atoms with van der Waals surface area (Å²) >= 11 is 0. The first kappa shape index (κ1) is 16.3. The van der Waals surface area contributed by atoms with E-state index in [1.54, 1.807) is 12.1 Å². The van der Waals surface area contributed by atoms with Crippen LogP contribution in [-0.4, -0.2) is 56.1 Å². The van der Waals surface area contributed by atoms with E-state index in [4.69, 9.17) is 0 Å². The van der Waals surface area contributed by atoms with Crippen LogP contribution in [0, 0.1) is 11.6 Å². The van der Waals surface area contributed by atoms with Gasteiger partial charge in [-0.15, -0.1) is 0 Å². The first-order valence-corrected chi connectivity index (χ1v) is 7.60. The second kappa shape index (κ2) is 7.29. The molecule has 0 aliphatic carbocycles. The summed E-state index contributed by atoms with van der Waals surface area (Å²) in [7, 11) is 4.14. The van der Waals surface area contributed by atoms with Gasteiger partial charge in [-0.25, -0.2) is 8.78 Å². The molecule has 0 saturated carbocycles. The second-order valence-corrected chi connectivity index (χ2v) is 5.84. The van der Waals surface area contributed by atoms with E-state index in [-0.39, 0.29) is 12.1 Å². The highest BCUT2D eigenvalue weighted by Crippen LogP contribution is 2.26. The minimum Gasteiger partial charge on any atom is -0.309 e. The van der Waals surface area contributed by atoms with E-state index in [9.17, 15) is 8.78 Å². The van der Waals surface area contributed by atoms with Crippen LogP contribution in [0.4, 0.5) is 8.78 Å². The van der Waals surface area contributed by atoms with Crippen molar-refractivity contribution in [2.24, 2.45) is 0 Å². The van der Waals surface area contributed by atoms with Gasteiger partial charge in [0.2, 0.25) is 0 Å². The van der Waals surface area contributed by atoms with E-state index in [2.05, 4.69) is 29.2 Å². The van der Waals surface area contributed by atoms with Crippen LogP contribution in [0.3, 0.4) is 0 Å². The van der Waals surface area contributed by atoms with Gasteiger partial charge < -0.3 is 15.1 Å². The number of nitrogens with one attached hydrogen (secondary N) is 1. The topological polar surface area (TPSA) is 18.5 Å². The Balaban J connectivity index is 2.34. The summed E-state index contributed by atoms with van der Waals surface area (Å²) < 4.78 is 27.8. The number of nitrogens with zero attached hydrogens (tertiary/aromatic N) is 2. The predicted octanol–water partition coefficient (Wildman–Crippen LogP) is 2.25. The molecule has 1 heterocycles. The third-order valence-corrected chi connectivity index (χ3v) is 4.24. The maximum absolute atomic E-state index is 14.2. The Bertz CT molecular complexity index is 467. The maximum atomic E-state index is 14.2. The number of hydrogen-bond acceptors (Lipinski definition) is 3. The van der Waals surface area contributed by atoms with E-state index < -0.39 is 11.6 Å². The monoisotopic (exact) mass is 297 g/mol. The zero-order valence-corrected chi connectivity index (χ0v) is 13.1. The SMILES string of the molecule is CCNC(c1cccc(F)c1F)C1CN(C)CCCN1C. The highest BCUT2D eigenvalue weighted by Gasteiger charge is 2.31. The first-order chi connectivity index (χ1) is 10.0. The van der Waals surface area contributed by atoms with Gasteiger partial charge in [0, 0.05) is 18.2 Å². The summed E-state index contributed by atoms with van der Waals surface area (Å²) in [6.45, 7) is 5.54. The number of hydrogen-bond donors (Lipinski definition) is 1. The minimum absolute atomic E-state index is 0.119. The number of rotatable bonds is 4. The molecule has 0 radical (unpaired) electrons. The van der Waals surface area contributed by atoms with Gasteiger partial charge in [-0.3, -0.25) is 0 Å². The van der Waals surface area contributed by atoms with E-state index in [1.807, 2.05) is 6.92 Å². The fraction of sp³-hybridized carbons (Fsp3) is 0.625. The quantitative estimate of drug-likeness (QED) is 0.919. The van der Waals surface area contributed by atoms with Gasteiger partial charge in [0.05, 0.1) is 6.04 Å². The number of likely N-dealkylation sites (N-methyl/N-ethyl adjacent to an activating group) is 3. The largest absolute Gasteiger partial charge is 0.309 e. The molecule has 1 fully saturated rings. The molecule has 2 atom stereocenters. The standard InChI is InChI=1S/C16H25F2N3/c1-4-19-16(12-7-5-8-13(17)15(12)18)14-11-20(2)9-6-10-21(14)3/h5,7-8,14,16,19H,4,6,9-11H2,1-3H3. The van der Waals surface area contributed by atoms with Crippen LogP contribution < -0.4 is 5.32 Å². The highest BCUT2D eigenvalue weighted by molar-refractivity contribution is 5.24. The maximum Gasteiger partial charge on any atom is 0.163 e.